The summed E-state index contributed by atoms with van der Waals surface area (Å²) < 4.78 is 27.8. The molecule has 0 saturated carbocycles. The molecule has 0 spiro atoms. The average molecular weight is 405 g/mol. The third-order valence-electron chi connectivity index (χ3n) is 4.44. The Balaban J connectivity index is 1.96. The molecule has 2 heterocycles. The van der Waals surface area contributed by atoms with Gasteiger partial charge in [-0.3, -0.25) is 4.72 Å². The molecule has 0 unspecified atom stereocenters. The summed E-state index contributed by atoms with van der Waals surface area (Å²) in [5.41, 5.74) is 1.74. The Morgan fingerprint density at radius 2 is 1.86 bits per heavy atom. The van der Waals surface area contributed by atoms with E-state index in [1.54, 1.807) is 37.8 Å². The lowest BCUT2D eigenvalue weighted by Crippen LogP contribution is -2.18. The van der Waals surface area contributed by atoms with Gasteiger partial charge in [0.15, 0.2) is 0 Å². The molecule has 1 N–H and O–H groups in total. The van der Waals surface area contributed by atoms with Gasteiger partial charge in [-0.05, 0) is 31.0 Å². The molecule has 11 heteroatoms. The first-order chi connectivity index (χ1) is 13.3. The van der Waals surface area contributed by atoms with Gasteiger partial charge in [0.05, 0.1) is 17.9 Å². The number of benzene rings is 1. The fourth-order valence-corrected chi connectivity index (χ4v) is 3.68. The maximum atomic E-state index is 11.8. The minimum Gasteiger partial charge on any atom is -0.469 e. The van der Waals surface area contributed by atoms with Crippen LogP contribution in [0.15, 0.2) is 28.4 Å². The van der Waals surface area contributed by atoms with E-state index in [1.165, 1.54) is 0 Å². The van der Waals surface area contributed by atoms with Crippen LogP contribution in [0.3, 0.4) is 0 Å². The molecule has 0 radical (unpaired) electrons. The predicted molar refractivity (Wildman–Crippen MR) is 112 cm³/mol. The summed E-state index contributed by atoms with van der Waals surface area (Å²) >= 11 is 0. The quantitative estimate of drug-likeness (QED) is 0.699. The molecule has 1 fully saturated rings. The smallest absolute Gasteiger partial charge is 0.229 e. The monoisotopic (exact) mass is 404 g/mol. The number of nitrogens with one attached hydrogen (secondary N) is 1. The van der Waals surface area contributed by atoms with Gasteiger partial charge in [0.1, 0.15) is 5.69 Å². The molecule has 1 aliphatic rings. The third kappa shape index (κ3) is 4.35. The second-order valence-corrected chi connectivity index (χ2v) is 8.28. The van der Waals surface area contributed by atoms with Crippen molar-refractivity contribution in [3.63, 3.8) is 0 Å². The molecular formula is C17H24N8O2S-2. The van der Waals surface area contributed by atoms with Crippen LogP contribution < -0.4 is 9.62 Å². The van der Waals surface area contributed by atoms with Crippen LogP contribution in [0.2, 0.25) is 0 Å². The van der Waals surface area contributed by atoms with Crippen molar-refractivity contribution in [3.05, 3.63) is 28.8 Å². The molecule has 28 heavy (non-hydrogen) atoms. The summed E-state index contributed by atoms with van der Waals surface area (Å²) in [6.07, 6.45) is 3.37. The summed E-state index contributed by atoms with van der Waals surface area (Å²) in [6, 6.07) is 5.47. The van der Waals surface area contributed by atoms with Crippen LogP contribution >= 0.6 is 0 Å². The van der Waals surface area contributed by atoms with Gasteiger partial charge < -0.3 is 25.1 Å². The number of imidazole rings is 1. The number of anilines is 2. The molecule has 152 valence electrons. The van der Waals surface area contributed by atoms with Crippen molar-refractivity contribution in [2.75, 3.05) is 43.1 Å². The molecule has 0 amide bonds. The number of nitrogens with zero attached hydrogens (tertiary/aromatic N) is 7. The molecular weight excluding hydrogens is 380 g/mol. The van der Waals surface area contributed by atoms with E-state index in [-0.39, 0.29) is 0 Å². The summed E-state index contributed by atoms with van der Waals surface area (Å²) in [7, 11) is 1.58. The maximum absolute atomic E-state index is 11.8. The Morgan fingerprint density at radius 1 is 1.14 bits per heavy atom. The highest BCUT2D eigenvalue weighted by Gasteiger charge is 2.15. The van der Waals surface area contributed by atoms with Crippen molar-refractivity contribution in [1.29, 1.82) is 0 Å². The Hall–Kier alpha value is -2.82. The molecule has 2 aromatic rings. The van der Waals surface area contributed by atoms with Crippen LogP contribution in [0.4, 0.5) is 34.6 Å². The van der Waals surface area contributed by atoms with Gasteiger partial charge in [0, 0.05) is 18.8 Å². The highest BCUT2D eigenvalue weighted by atomic mass is 32.2. The van der Waals surface area contributed by atoms with Crippen molar-refractivity contribution in [2.24, 2.45) is 17.3 Å². The van der Waals surface area contributed by atoms with E-state index < -0.39 is 10.0 Å². The standard InChI is InChI=1S/C17H24N8O2S/c1-18-15-16(19-2)24(3)17(20-15)22-21-13-8-7-12(25-9-5-6-10-25)11-14(13)23-28(4,26)27/h7-8,11,23H,5-6,9-10H2,1-4H3/q-2. The van der Waals surface area contributed by atoms with E-state index in [4.69, 9.17) is 0 Å². The molecule has 1 aliphatic heterocycles. The molecule has 3 rings (SSSR count). The molecule has 0 aliphatic carbocycles. The van der Waals surface area contributed by atoms with Gasteiger partial charge in [0.2, 0.25) is 10.0 Å². The van der Waals surface area contributed by atoms with Crippen LogP contribution in [-0.2, 0) is 17.1 Å². The first-order valence-corrected chi connectivity index (χ1v) is 10.8. The molecule has 1 saturated heterocycles. The summed E-state index contributed by atoms with van der Waals surface area (Å²) in [6.45, 7) is 1.91. The number of hydrogen-bond donors (Lipinski definition) is 1. The SMILES string of the molecule is C[N-]c1nc(N=Nc2ccc(N3CCCC3)cc2NS(C)(=O)=O)n(C)c1[N-]C. The zero-order valence-corrected chi connectivity index (χ0v) is 17.2. The second-order valence-electron chi connectivity index (χ2n) is 6.54. The van der Waals surface area contributed by atoms with Crippen LogP contribution in [0.1, 0.15) is 12.8 Å². The third-order valence-corrected chi connectivity index (χ3v) is 5.03. The summed E-state index contributed by atoms with van der Waals surface area (Å²) in [5.74, 6) is 1.39. The van der Waals surface area contributed by atoms with E-state index in [2.05, 4.69) is 35.5 Å². The minimum absolute atomic E-state index is 0.329. The zero-order chi connectivity index (χ0) is 20.3. The van der Waals surface area contributed by atoms with Crippen LogP contribution in [0.25, 0.3) is 10.6 Å². The predicted octanol–water partition coefficient (Wildman–Crippen LogP) is 4.08. The topological polar surface area (TPSA) is 120 Å². The second kappa shape index (κ2) is 8.05. The highest BCUT2D eigenvalue weighted by Crippen LogP contribution is 2.37. The molecule has 0 bridgehead atoms. The van der Waals surface area contributed by atoms with Crippen molar-refractivity contribution in [1.82, 2.24) is 9.55 Å². The van der Waals surface area contributed by atoms with Gasteiger partial charge in [-0.1, -0.05) is 32.8 Å². The van der Waals surface area contributed by atoms with Gasteiger partial charge in [0.25, 0.3) is 0 Å². The highest BCUT2D eigenvalue weighted by molar-refractivity contribution is 7.92. The Labute approximate surface area is 165 Å². The average Bonchev–Trinajstić information content (AvgIpc) is 3.27. The number of rotatable bonds is 7. The van der Waals surface area contributed by atoms with Crippen molar-refractivity contribution >= 4 is 44.7 Å². The van der Waals surface area contributed by atoms with Gasteiger partial charge >= 0.3 is 0 Å². The van der Waals surface area contributed by atoms with Gasteiger partial charge in [-0.25, -0.2) is 8.42 Å². The fourth-order valence-electron chi connectivity index (χ4n) is 3.12. The first kappa shape index (κ1) is 19.9. The largest absolute Gasteiger partial charge is 0.469 e. The maximum Gasteiger partial charge on any atom is 0.229 e. The lowest BCUT2D eigenvalue weighted by molar-refractivity contribution is 0.607. The van der Waals surface area contributed by atoms with Gasteiger partial charge in [-0.2, -0.15) is 5.11 Å². The lowest BCUT2D eigenvalue weighted by atomic mass is 10.2. The minimum atomic E-state index is -3.46. The Kier molecular flexibility index (Phi) is 5.73. The number of azo groups is 1. The summed E-state index contributed by atoms with van der Waals surface area (Å²) in [5, 5.41) is 16.6. The van der Waals surface area contributed by atoms with E-state index in [0.29, 0.717) is 29.0 Å². The Morgan fingerprint density at radius 3 is 2.43 bits per heavy atom. The lowest BCUT2D eigenvalue weighted by Gasteiger charge is -2.19. The van der Waals surface area contributed by atoms with Crippen molar-refractivity contribution < 1.29 is 8.42 Å². The molecule has 0 atom stereocenters. The molecule has 1 aromatic heterocycles. The van der Waals surface area contributed by atoms with Crippen LogP contribution in [0.5, 0.6) is 0 Å². The zero-order valence-electron chi connectivity index (χ0n) is 16.4. The van der Waals surface area contributed by atoms with E-state index in [9.17, 15) is 8.42 Å². The van der Waals surface area contributed by atoms with E-state index in [0.717, 1.165) is 37.9 Å². The first-order valence-electron chi connectivity index (χ1n) is 8.87. The molecule has 1 aromatic carbocycles. The van der Waals surface area contributed by atoms with Crippen molar-refractivity contribution in [3.8, 4) is 0 Å². The van der Waals surface area contributed by atoms with E-state index in [1.807, 2.05) is 6.07 Å². The van der Waals surface area contributed by atoms with Crippen LogP contribution in [-0.4, -0.2) is 51.4 Å². The van der Waals surface area contributed by atoms with Gasteiger partial charge in [-0.15, -0.1) is 5.11 Å². The normalized spacial score (nSPS) is 14.6. The number of hydrogen-bond acceptors (Lipinski definition) is 6. The van der Waals surface area contributed by atoms with Crippen molar-refractivity contribution in [2.45, 2.75) is 12.8 Å². The summed E-state index contributed by atoms with van der Waals surface area (Å²) in [4.78, 5) is 6.51. The fraction of sp³-hybridized carbons (Fsp3) is 0.471. The number of aromatic nitrogens is 2. The van der Waals surface area contributed by atoms with Crippen LogP contribution in [0, 0.1) is 0 Å². The number of sulfonamides is 1. The Bertz CT molecular complexity index is 977. The van der Waals surface area contributed by atoms with E-state index >= 15 is 0 Å². The molecule has 10 nitrogen and oxygen atoms in total.